The average Bonchev–Trinajstić information content (AvgIpc) is 4.19. The molecule has 0 saturated heterocycles. The largest absolute Gasteiger partial charge is 0.399 e. The van der Waals surface area contributed by atoms with Crippen molar-refractivity contribution in [3.8, 4) is 0 Å². The number of H-pyrrole nitrogens is 1. The third kappa shape index (κ3) is 21.4. The maximum absolute atomic E-state index is 12.0. The minimum Gasteiger partial charge on any atom is -0.399 e. The number of aromatic nitrogens is 6. The summed E-state index contributed by atoms with van der Waals surface area (Å²) in [4.78, 5) is 47.7. The zero-order valence-corrected chi connectivity index (χ0v) is 44.9. The predicted molar refractivity (Wildman–Crippen MR) is 297 cm³/mol. The van der Waals surface area contributed by atoms with Gasteiger partial charge in [-0.05, 0) is 132 Å². The number of nitrogens with one attached hydrogen (secondary N) is 9. The molecule has 0 aliphatic carbocycles. The monoisotopic (exact) mass is 1040 g/mol. The molecule has 4 aromatic heterocycles. The van der Waals surface area contributed by atoms with Crippen molar-refractivity contribution >= 4 is 69.9 Å². The van der Waals surface area contributed by atoms with Gasteiger partial charge in [0.25, 0.3) is 17.7 Å². The second-order valence-corrected chi connectivity index (χ2v) is 21.0. The number of para-hydroxylation sites is 4. The second-order valence-electron chi connectivity index (χ2n) is 21.0. The maximum atomic E-state index is 12.0. The van der Waals surface area contributed by atoms with Gasteiger partial charge in [-0.3, -0.25) is 24.3 Å². The fraction of sp³-hybridized carbons (Fsp3) is 0.291. The van der Waals surface area contributed by atoms with Crippen LogP contribution in [0.4, 0.5) is 46.3 Å². The van der Waals surface area contributed by atoms with E-state index in [2.05, 4.69) is 73.2 Å². The summed E-state index contributed by atoms with van der Waals surface area (Å²) < 4.78 is 15.3. The Kier molecular flexibility index (Phi) is 19.8. The van der Waals surface area contributed by atoms with Gasteiger partial charge < -0.3 is 56.0 Å². The van der Waals surface area contributed by atoms with Crippen LogP contribution in [0.15, 0.2) is 153 Å². The van der Waals surface area contributed by atoms with Crippen molar-refractivity contribution in [1.29, 1.82) is 0 Å². The first kappa shape index (κ1) is 57.6. The number of aromatic amines is 1. The molecule has 4 aromatic carbocycles. The number of nitrogens with zero attached hydrogens (tertiary/aromatic N) is 5. The van der Waals surface area contributed by atoms with E-state index < -0.39 is 5.91 Å². The molecule has 8 aromatic rings. The first-order chi connectivity index (χ1) is 35.8. The molecule has 0 aliphatic rings. The molecule has 21 nitrogen and oxygen atoms in total. The van der Waals surface area contributed by atoms with Crippen LogP contribution in [0.1, 0.15) is 125 Å². The molecule has 21 heteroatoms. The summed E-state index contributed by atoms with van der Waals surface area (Å²) in [5.74, 6) is 0.534. The molecule has 0 unspecified atom stereocenters. The van der Waals surface area contributed by atoms with Crippen LogP contribution in [0.25, 0.3) is 0 Å². The Balaban J connectivity index is 0.000000187. The van der Waals surface area contributed by atoms with Crippen molar-refractivity contribution in [3.63, 3.8) is 0 Å². The number of hydrogen-bond donors (Lipinski definition) is 9. The maximum Gasteiger partial charge on any atom is 0.316 e. The van der Waals surface area contributed by atoms with E-state index in [9.17, 15) is 19.2 Å². The quantitative estimate of drug-likeness (QED) is 0.0550. The average molecular weight is 1040 g/mol. The lowest BCUT2D eigenvalue weighted by Crippen LogP contribution is -2.26. The van der Waals surface area contributed by atoms with E-state index in [1.54, 1.807) is 30.3 Å². The molecular weight excluding hydrogens is 969 g/mol. The Bertz CT molecular complexity index is 2640. The van der Waals surface area contributed by atoms with Crippen LogP contribution >= 0.6 is 0 Å². The van der Waals surface area contributed by atoms with Crippen molar-refractivity contribution < 1.29 is 32.6 Å². The van der Waals surface area contributed by atoms with E-state index in [-0.39, 0.29) is 63.2 Å². The highest BCUT2D eigenvalue weighted by Gasteiger charge is 2.21. The van der Waals surface area contributed by atoms with Crippen molar-refractivity contribution in [3.05, 3.63) is 163 Å². The van der Waals surface area contributed by atoms with Gasteiger partial charge in [0.2, 0.25) is 11.6 Å². The summed E-state index contributed by atoms with van der Waals surface area (Å²) in [5.41, 5.74) is 2.96. The molecule has 0 saturated carbocycles. The molecule has 0 aliphatic heterocycles. The van der Waals surface area contributed by atoms with Gasteiger partial charge in [-0.25, -0.2) is 0 Å². The van der Waals surface area contributed by atoms with Gasteiger partial charge in [-0.1, -0.05) is 88.2 Å². The van der Waals surface area contributed by atoms with E-state index >= 15 is 0 Å². The highest BCUT2D eigenvalue weighted by molar-refractivity contribution is 6.04. The highest BCUT2D eigenvalue weighted by Crippen LogP contribution is 2.20. The van der Waals surface area contributed by atoms with E-state index in [1.165, 1.54) is 0 Å². The molecule has 4 amide bonds. The van der Waals surface area contributed by atoms with Gasteiger partial charge in [-0.15, -0.1) is 5.10 Å². The Morgan fingerprint density at radius 1 is 0.434 bits per heavy atom. The smallest absolute Gasteiger partial charge is 0.316 e. The molecule has 400 valence electrons. The number of carbonyl (C=O) groups excluding carboxylic acids is 4. The topological polar surface area (TPSA) is 284 Å². The SMILES string of the molecule is CC(C)(C)Nc1cc(C(=O)Nc2ccccc2)[nH]n1.CC(C)(C)Nc1cc(C(=O)Nc2ccccc2)no1.CC(C)(C)Nc1cc(C(=O)Nc2ccccc2)on1.CC(C)(C)Nc1nnc(C(=O)Nc2ccccc2)o1. The van der Waals surface area contributed by atoms with Crippen molar-refractivity contribution in [2.24, 2.45) is 0 Å². The molecule has 9 N–H and O–H groups in total. The second kappa shape index (κ2) is 26.1. The minimum atomic E-state index is -0.430. The zero-order valence-electron chi connectivity index (χ0n) is 44.9. The van der Waals surface area contributed by atoms with Gasteiger partial charge in [0.15, 0.2) is 11.5 Å². The number of amides is 4. The van der Waals surface area contributed by atoms with Crippen LogP contribution in [-0.4, -0.2) is 76.5 Å². The molecular formula is C55H68N14O7. The fourth-order valence-corrected chi connectivity index (χ4v) is 6.07. The Labute approximate surface area is 442 Å². The summed E-state index contributed by atoms with van der Waals surface area (Å²) in [7, 11) is 0. The standard InChI is InChI=1S/C14H18N4O.2C14H17N3O2.C13H16N4O2/c1-14(2,3)16-12-9-11(17-18-12)13(19)15-10-7-5-4-6-8-10;1-14(2,3)16-12-9-11(19-17-12)13(18)15-10-7-5-4-6-8-10;1-14(2,3)16-12-9-11(17-19-12)13(18)15-10-7-5-4-6-8-10;1-13(2,3)15-12-17-16-11(19-12)10(18)14-9-7-5-4-6-8-9/h4-9H,1-3H3,(H,15,19)(H2,16,17,18);4-9H,1-3H3,(H,15,18)(H,16,17);4-9,16H,1-3H3,(H,15,18);4-8H,1-3H3,(H,14,18)(H,15,17). The molecule has 76 heavy (non-hydrogen) atoms. The van der Waals surface area contributed by atoms with Crippen LogP contribution in [0.3, 0.4) is 0 Å². The van der Waals surface area contributed by atoms with E-state index in [0.29, 0.717) is 34.6 Å². The zero-order chi connectivity index (χ0) is 55.5. The van der Waals surface area contributed by atoms with Gasteiger partial charge in [0.05, 0.1) is 0 Å². The first-order valence-corrected chi connectivity index (χ1v) is 24.2. The van der Waals surface area contributed by atoms with E-state index in [1.807, 2.05) is 192 Å². The third-order valence-corrected chi connectivity index (χ3v) is 9.03. The van der Waals surface area contributed by atoms with Gasteiger partial charge in [0, 0.05) is 63.1 Å². The molecule has 0 atom stereocenters. The summed E-state index contributed by atoms with van der Waals surface area (Å²) in [6, 6.07) is 41.9. The molecule has 8 rings (SSSR count). The number of benzene rings is 4. The van der Waals surface area contributed by atoms with Crippen LogP contribution in [-0.2, 0) is 0 Å². The number of carbonyl (C=O) groups is 4. The van der Waals surface area contributed by atoms with Crippen LogP contribution in [0.5, 0.6) is 0 Å². The third-order valence-electron chi connectivity index (χ3n) is 9.03. The van der Waals surface area contributed by atoms with Crippen molar-refractivity contribution in [1.82, 2.24) is 30.7 Å². The normalized spacial score (nSPS) is 11.1. The molecule has 4 heterocycles. The lowest BCUT2D eigenvalue weighted by Gasteiger charge is -2.19. The summed E-state index contributed by atoms with van der Waals surface area (Å²) in [6.45, 7) is 24.0. The number of rotatable bonds is 12. The highest BCUT2D eigenvalue weighted by atomic mass is 16.5. The van der Waals surface area contributed by atoms with Crippen LogP contribution < -0.4 is 42.5 Å². The van der Waals surface area contributed by atoms with Crippen molar-refractivity contribution in [2.75, 3.05) is 42.5 Å². The predicted octanol–water partition coefficient (Wildman–Crippen LogP) is 11.7. The van der Waals surface area contributed by atoms with E-state index in [4.69, 9.17) is 13.5 Å². The summed E-state index contributed by atoms with van der Waals surface area (Å²) >= 11 is 0. The van der Waals surface area contributed by atoms with Crippen molar-refractivity contribution in [2.45, 2.75) is 105 Å². The summed E-state index contributed by atoms with van der Waals surface area (Å²) in [5, 5.41) is 45.2. The molecule has 0 radical (unpaired) electrons. The van der Waals surface area contributed by atoms with Crippen LogP contribution in [0, 0.1) is 0 Å². The lowest BCUT2D eigenvalue weighted by atomic mass is 10.1. The Morgan fingerprint density at radius 2 is 0.868 bits per heavy atom. The molecule has 0 spiro atoms. The van der Waals surface area contributed by atoms with Gasteiger partial charge >= 0.3 is 17.8 Å². The summed E-state index contributed by atoms with van der Waals surface area (Å²) in [6.07, 6.45) is 0. The number of hydrogen-bond acceptors (Lipinski definition) is 16. The minimum absolute atomic E-state index is 0.0735. The van der Waals surface area contributed by atoms with Gasteiger partial charge in [-0.2, -0.15) is 5.10 Å². The number of anilines is 8. The van der Waals surface area contributed by atoms with Crippen LogP contribution in [0.2, 0.25) is 0 Å². The lowest BCUT2D eigenvalue weighted by molar-refractivity contribution is 0.0982. The van der Waals surface area contributed by atoms with E-state index in [0.717, 1.165) is 11.4 Å². The Hall–Kier alpha value is -9.27. The molecule has 0 bridgehead atoms. The Morgan fingerprint density at radius 3 is 1.34 bits per heavy atom. The van der Waals surface area contributed by atoms with Gasteiger partial charge in [0.1, 0.15) is 11.5 Å². The first-order valence-electron chi connectivity index (χ1n) is 24.2. The fourth-order valence-electron chi connectivity index (χ4n) is 6.07. The molecule has 0 fully saturated rings.